The van der Waals surface area contributed by atoms with Crippen LogP contribution in [0.3, 0.4) is 0 Å². The van der Waals surface area contributed by atoms with Crippen LogP contribution in [0.1, 0.15) is 40.0 Å². The molecule has 1 amide bonds. The third-order valence-electron chi connectivity index (χ3n) is 4.30. The highest BCUT2D eigenvalue weighted by molar-refractivity contribution is 5.82. The second kappa shape index (κ2) is 4.94. The summed E-state index contributed by atoms with van der Waals surface area (Å²) in [5.74, 6) is 0.183. The van der Waals surface area contributed by atoms with Gasteiger partial charge in [0.05, 0.1) is 12.1 Å². The van der Waals surface area contributed by atoms with Crippen molar-refractivity contribution < 1.29 is 9.90 Å². The maximum absolute atomic E-state index is 12.3. The number of carbonyl (C=O) groups excluding carboxylic acids is 1. The van der Waals surface area contributed by atoms with Crippen LogP contribution >= 0.6 is 0 Å². The lowest BCUT2D eigenvalue weighted by atomic mass is 10.2. The summed E-state index contributed by atoms with van der Waals surface area (Å²) in [6.07, 6.45) is 2.77. The number of β-amino-alcohol motifs (C(OH)–C–C–N with tert-alkyl or cyclic N) is 1. The molecule has 0 bridgehead atoms. The first kappa shape index (κ1) is 12.8. The molecular weight excluding hydrogens is 216 g/mol. The standard InChI is InChI=1S/C13H24N2O2/c1-9-4-5-10(2)15(9)11(3)13(17)14-7-6-12(16)8-14/h9-12,16H,4-8H2,1-3H3/t9?,10?,11?,12-/m1/s1. The van der Waals surface area contributed by atoms with E-state index >= 15 is 0 Å². The normalized spacial score (nSPS) is 36.5. The Balaban J connectivity index is 1.99. The van der Waals surface area contributed by atoms with Crippen molar-refractivity contribution in [2.45, 2.75) is 64.3 Å². The molecule has 2 rings (SSSR count). The van der Waals surface area contributed by atoms with Crippen molar-refractivity contribution >= 4 is 5.91 Å². The molecule has 4 heteroatoms. The molecule has 3 unspecified atom stereocenters. The number of hydrogen-bond donors (Lipinski definition) is 1. The van der Waals surface area contributed by atoms with Crippen LogP contribution in [0.5, 0.6) is 0 Å². The molecule has 0 aliphatic carbocycles. The molecule has 4 atom stereocenters. The van der Waals surface area contributed by atoms with E-state index in [-0.39, 0.29) is 18.1 Å². The van der Waals surface area contributed by atoms with Gasteiger partial charge < -0.3 is 10.0 Å². The van der Waals surface area contributed by atoms with E-state index in [1.54, 1.807) is 0 Å². The number of hydrogen-bond acceptors (Lipinski definition) is 3. The van der Waals surface area contributed by atoms with E-state index < -0.39 is 0 Å². The average molecular weight is 240 g/mol. The largest absolute Gasteiger partial charge is 0.391 e. The predicted molar refractivity (Wildman–Crippen MR) is 66.7 cm³/mol. The Morgan fingerprint density at radius 1 is 1.24 bits per heavy atom. The minimum atomic E-state index is -0.320. The van der Waals surface area contributed by atoms with Crippen molar-refractivity contribution in [3.8, 4) is 0 Å². The van der Waals surface area contributed by atoms with E-state index in [4.69, 9.17) is 0 Å². The van der Waals surface area contributed by atoms with Crippen LogP contribution in [0, 0.1) is 0 Å². The highest BCUT2D eigenvalue weighted by Gasteiger charge is 2.37. The van der Waals surface area contributed by atoms with Gasteiger partial charge in [-0.15, -0.1) is 0 Å². The molecule has 17 heavy (non-hydrogen) atoms. The first-order chi connectivity index (χ1) is 8.00. The Morgan fingerprint density at radius 2 is 1.82 bits per heavy atom. The van der Waals surface area contributed by atoms with Gasteiger partial charge in [-0.1, -0.05) is 0 Å². The topological polar surface area (TPSA) is 43.8 Å². The third kappa shape index (κ3) is 2.47. The lowest BCUT2D eigenvalue weighted by Gasteiger charge is -2.33. The number of likely N-dealkylation sites (tertiary alicyclic amines) is 2. The Hall–Kier alpha value is -0.610. The lowest BCUT2D eigenvalue weighted by Crippen LogP contribution is -2.50. The number of carbonyl (C=O) groups is 1. The zero-order chi connectivity index (χ0) is 12.6. The lowest BCUT2D eigenvalue weighted by molar-refractivity contribution is -0.136. The summed E-state index contributed by atoms with van der Waals surface area (Å²) in [4.78, 5) is 16.5. The summed E-state index contributed by atoms with van der Waals surface area (Å²) in [5, 5.41) is 9.49. The van der Waals surface area contributed by atoms with E-state index in [0.29, 0.717) is 25.2 Å². The number of amides is 1. The maximum atomic E-state index is 12.3. The minimum Gasteiger partial charge on any atom is -0.391 e. The summed E-state index contributed by atoms with van der Waals surface area (Å²) in [5.41, 5.74) is 0. The van der Waals surface area contributed by atoms with Gasteiger partial charge in [-0.05, 0) is 40.0 Å². The van der Waals surface area contributed by atoms with E-state index in [9.17, 15) is 9.90 Å². The number of rotatable bonds is 2. The van der Waals surface area contributed by atoms with Crippen LogP contribution in [-0.2, 0) is 4.79 Å². The molecular formula is C13H24N2O2. The number of aliphatic hydroxyl groups excluding tert-OH is 1. The molecule has 2 saturated heterocycles. The van der Waals surface area contributed by atoms with Crippen molar-refractivity contribution in [1.82, 2.24) is 9.80 Å². The molecule has 2 heterocycles. The smallest absolute Gasteiger partial charge is 0.239 e. The van der Waals surface area contributed by atoms with Gasteiger partial charge in [0.2, 0.25) is 5.91 Å². The Morgan fingerprint density at radius 3 is 2.29 bits per heavy atom. The summed E-state index contributed by atoms with van der Waals surface area (Å²) in [6, 6.07) is 0.945. The summed E-state index contributed by atoms with van der Waals surface area (Å²) >= 11 is 0. The SMILES string of the molecule is CC1CCC(C)N1C(C)C(=O)N1CC[C@@H](O)C1. The molecule has 0 aromatic carbocycles. The van der Waals surface area contributed by atoms with Gasteiger partial charge in [-0.25, -0.2) is 0 Å². The molecule has 2 aliphatic heterocycles. The third-order valence-corrected chi connectivity index (χ3v) is 4.30. The fraction of sp³-hybridized carbons (Fsp3) is 0.923. The second-order valence-electron chi connectivity index (χ2n) is 5.63. The molecule has 0 radical (unpaired) electrons. The van der Waals surface area contributed by atoms with E-state index in [1.165, 1.54) is 12.8 Å². The zero-order valence-corrected chi connectivity index (χ0v) is 11.1. The summed E-state index contributed by atoms with van der Waals surface area (Å²) in [6.45, 7) is 7.63. The first-order valence-electron chi connectivity index (χ1n) is 6.75. The Bertz CT molecular complexity index is 285. The van der Waals surface area contributed by atoms with Crippen LogP contribution < -0.4 is 0 Å². The van der Waals surface area contributed by atoms with Crippen LogP contribution in [-0.4, -0.2) is 58.1 Å². The van der Waals surface area contributed by atoms with Gasteiger partial charge in [0.25, 0.3) is 0 Å². The van der Waals surface area contributed by atoms with Crippen LogP contribution in [0.25, 0.3) is 0 Å². The molecule has 2 aliphatic rings. The Labute approximate surface area is 104 Å². The molecule has 0 saturated carbocycles. The van der Waals surface area contributed by atoms with E-state index in [1.807, 2.05) is 11.8 Å². The molecule has 0 spiro atoms. The predicted octanol–water partition coefficient (Wildman–Crippen LogP) is 0.841. The van der Waals surface area contributed by atoms with Gasteiger partial charge >= 0.3 is 0 Å². The highest BCUT2D eigenvalue weighted by Crippen LogP contribution is 2.27. The monoisotopic (exact) mass is 240 g/mol. The minimum absolute atomic E-state index is 0.0483. The van der Waals surface area contributed by atoms with Crippen molar-refractivity contribution in [2.24, 2.45) is 0 Å². The summed E-state index contributed by atoms with van der Waals surface area (Å²) in [7, 11) is 0. The number of aliphatic hydroxyl groups is 1. The molecule has 0 aromatic rings. The van der Waals surface area contributed by atoms with Crippen molar-refractivity contribution in [3.63, 3.8) is 0 Å². The molecule has 1 N–H and O–H groups in total. The van der Waals surface area contributed by atoms with Crippen LogP contribution in [0.2, 0.25) is 0 Å². The van der Waals surface area contributed by atoms with Crippen LogP contribution in [0.4, 0.5) is 0 Å². The molecule has 0 aromatic heterocycles. The summed E-state index contributed by atoms with van der Waals surface area (Å²) < 4.78 is 0. The van der Waals surface area contributed by atoms with E-state index in [2.05, 4.69) is 18.7 Å². The fourth-order valence-electron chi connectivity index (χ4n) is 3.31. The fourth-order valence-corrected chi connectivity index (χ4v) is 3.31. The van der Waals surface area contributed by atoms with E-state index in [0.717, 1.165) is 6.42 Å². The number of nitrogens with zero attached hydrogens (tertiary/aromatic N) is 2. The first-order valence-corrected chi connectivity index (χ1v) is 6.75. The van der Waals surface area contributed by atoms with Crippen LogP contribution in [0.15, 0.2) is 0 Å². The quantitative estimate of drug-likeness (QED) is 0.778. The molecule has 98 valence electrons. The van der Waals surface area contributed by atoms with Gasteiger partial charge in [0.15, 0.2) is 0 Å². The second-order valence-corrected chi connectivity index (χ2v) is 5.63. The van der Waals surface area contributed by atoms with Crippen molar-refractivity contribution in [3.05, 3.63) is 0 Å². The van der Waals surface area contributed by atoms with Gasteiger partial charge in [0.1, 0.15) is 0 Å². The van der Waals surface area contributed by atoms with Crippen molar-refractivity contribution in [1.29, 1.82) is 0 Å². The van der Waals surface area contributed by atoms with Gasteiger partial charge in [-0.2, -0.15) is 0 Å². The zero-order valence-electron chi connectivity index (χ0n) is 11.1. The highest BCUT2D eigenvalue weighted by atomic mass is 16.3. The average Bonchev–Trinajstić information content (AvgIpc) is 2.84. The van der Waals surface area contributed by atoms with Gasteiger partial charge in [-0.3, -0.25) is 9.69 Å². The van der Waals surface area contributed by atoms with Gasteiger partial charge in [0, 0.05) is 25.2 Å². The van der Waals surface area contributed by atoms with Crippen molar-refractivity contribution in [2.75, 3.05) is 13.1 Å². The molecule has 4 nitrogen and oxygen atoms in total. The maximum Gasteiger partial charge on any atom is 0.239 e. The Kier molecular flexibility index (Phi) is 3.73. The molecule has 2 fully saturated rings.